The maximum Gasteiger partial charge on any atom is 0.200 e. The van der Waals surface area contributed by atoms with E-state index in [0.717, 1.165) is 5.76 Å². The van der Waals surface area contributed by atoms with Crippen molar-refractivity contribution >= 4 is 0 Å². The maximum atomic E-state index is 10.0. The fourth-order valence-corrected chi connectivity index (χ4v) is 2.83. The molecule has 6 nitrogen and oxygen atoms in total. The summed E-state index contributed by atoms with van der Waals surface area (Å²) < 4.78 is 22.4. The second kappa shape index (κ2) is 6.52. The Hall–Kier alpha value is -2.18. The van der Waals surface area contributed by atoms with E-state index in [1.165, 1.54) is 14.2 Å². The molecule has 124 valence electrons. The van der Waals surface area contributed by atoms with E-state index in [1.54, 1.807) is 12.1 Å². The molecular weight excluding hydrogens is 300 g/mol. The Morgan fingerprint density at radius 2 is 1.91 bits per heavy atom. The summed E-state index contributed by atoms with van der Waals surface area (Å²) in [7, 11) is 2.93. The molecule has 6 heteroatoms. The van der Waals surface area contributed by atoms with Gasteiger partial charge >= 0.3 is 0 Å². The van der Waals surface area contributed by atoms with E-state index < -0.39 is 12.2 Å². The highest BCUT2D eigenvalue weighted by Crippen LogP contribution is 2.43. The lowest BCUT2D eigenvalue weighted by Crippen LogP contribution is -2.39. The van der Waals surface area contributed by atoms with Gasteiger partial charge in [-0.3, -0.25) is 0 Å². The molecule has 3 atom stereocenters. The summed E-state index contributed by atoms with van der Waals surface area (Å²) in [5, 5.41) is 19.7. The van der Waals surface area contributed by atoms with Crippen molar-refractivity contribution in [2.24, 2.45) is 0 Å². The van der Waals surface area contributed by atoms with Crippen LogP contribution in [0.5, 0.6) is 17.2 Å². The molecule has 2 N–H and O–H groups in total. The van der Waals surface area contributed by atoms with Crippen LogP contribution in [0.1, 0.15) is 18.1 Å². The Morgan fingerprint density at radius 1 is 1.22 bits per heavy atom. The molecule has 1 aliphatic heterocycles. The third-order valence-electron chi connectivity index (χ3n) is 4.01. The quantitative estimate of drug-likeness (QED) is 0.884. The van der Waals surface area contributed by atoms with Gasteiger partial charge in [0.15, 0.2) is 17.6 Å². The van der Waals surface area contributed by atoms with Crippen LogP contribution in [0, 0.1) is 0 Å². The number of methoxy groups -OCH3 is 2. The number of hydrogen-bond donors (Lipinski definition) is 2. The predicted molar refractivity (Wildman–Crippen MR) is 82.6 cm³/mol. The summed E-state index contributed by atoms with van der Waals surface area (Å²) >= 11 is 0. The molecule has 0 bridgehead atoms. The molecule has 1 fully saturated rings. The number of aromatic hydroxyl groups is 1. The first-order valence-corrected chi connectivity index (χ1v) is 7.42. The average molecular weight is 320 g/mol. The van der Waals surface area contributed by atoms with Gasteiger partial charge in [0.05, 0.1) is 20.8 Å². The molecule has 3 unspecified atom stereocenters. The van der Waals surface area contributed by atoms with E-state index in [1.807, 2.05) is 18.2 Å². The summed E-state index contributed by atoms with van der Waals surface area (Å²) in [5.74, 6) is 1.21. The van der Waals surface area contributed by atoms with Crippen LogP contribution in [0.25, 0.3) is 0 Å². The molecule has 0 spiro atoms. The van der Waals surface area contributed by atoms with Crippen LogP contribution in [-0.4, -0.2) is 43.2 Å². The SMILES string of the molecule is COc1cc(C2OC3CC=CC=C3OC2CO)cc(OC)c1O. The van der Waals surface area contributed by atoms with E-state index in [9.17, 15) is 10.2 Å². The van der Waals surface area contributed by atoms with E-state index in [2.05, 4.69) is 0 Å². The fourth-order valence-electron chi connectivity index (χ4n) is 2.83. The van der Waals surface area contributed by atoms with Crippen molar-refractivity contribution in [3.8, 4) is 17.2 Å². The first-order chi connectivity index (χ1) is 11.2. The summed E-state index contributed by atoms with van der Waals surface area (Å²) in [5.41, 5.74) is 0.712. The van der Waals surface area contributed by atoms with Crippen molar-refractivity contribution in [1.82, 2.24) is 0 Å². The normalized spacial score (nSPS) is 26.0. The van der Waals surface area contributed by atoms with Crippen molar-refractivity contribution in [2.45, 2.75) is 24.7 Å². The number of phenols is 1. The van der Waals surface area contributed by atoms with Crippen molar-refractivity contribution in [3.05, 3.63) is 41.7 Å². The summed E-state index contributed by atoms with van der Waals surface area (Å²) in [4.78, 5) is 0. The Bertz CT molecular complexity index is 611. The second-order valence-corrected chi connectivity index (χ2v) is 5.39. The lowest BCUT2D eigenvalue weighted by atomic mass is 9.99. The highest BCUT2D eigenvalue weighted by atomic mass is 16.6. The smallest absolute Gasteiger partial charge is 0.200 e. The summed E-state index contributed by atoms with van der Waals surface area (Å²) in [6, 6.07) is 3.34. The van der Waals surface area contributed by atoms with Crippen LogP contribution in [-0.2, 0) is 9.47 Å². The number of fused-ring (bicyclic) bond motifs is 1. The fraction of sp³-hybridized carbons (Fsp3) is 0.412. The molecule has 1 aromatic carbocycles. The van der Waals surface area contributed by atoms with Crippen LogP contribution in [0.15, 0.2) is 36.1 Å². The molecule has 3 rings (SSSR count). The van der Waals surface area contributed by atoms with E-state index in [-0.39, 0.29) is 30.0 Å². The van der Waals surface area contributed by atoms with Gasteiger partial charge in [0.25, 0.3) is 0 Å². The van der Waals surface area contributed by atoms with E-state index in [0.29, 0.717) is 12.0 Å². The van der Waals surface area contributed by atoms with Crippen molar-refractivity contribution < 1.29 is 29.2 Å². The zero-order valence-corrected chi connectivity index (χ0v) is 13.1. The van der Waals surface area contributed by atoms with E-state index >= 15 is 0 Å². The minimum absolute atomic E-state index is 0.0720. The average Bonchev–Trinajstić information content (AvgIpc) is 2.60. The van der Waals surface area contributed by atoms with Crippen molar-refractivity contribution in [2.75, 3.05) is 20.8 Å². The number of ether oxygens (including phenoxy) is 4. The monoisotopic (exact) mass is 320 g/mol. The second-order valence-electron chi connectivity index (χ2n) is 5.39. The minimum atomic E-state index is -0.539. The van der Waals surface area contributed by atoms with Gasteiger partial charge in [0.1, 0.15) is 18.0 Å². The topological polar surface area (TPSA) is 77.4 Å². The van der Waals surface area contributed by atoms with Gasteiger partial charge in [0, 0.05) is 0 Å². The number of aliphatic hydroxyl groups excluding tert-OH is 1. The molecule has 0 radical (unpaired) electrons. The van der Waals surface area contributed by atoms with Crippen LogP contribution in [0.4, 0.5) is 0 Å². The van der Waals surface area contributed by atoms with Crippen LogP contribution in [0.3, 0.4) is 0 Å². The Morgan fingerprint density at radius 3 is 2.52 bits per heavy atom. The van der Waals surface area contributed by atoms with Gasteiger partial charge < -0.3 is 29.2 Å². The minimum Gasteiger partial charge on any atom is -0.502 e. The Kier molecular flexibility index (Phi) is 4.45. The third-order valence-corrected chi connectivity index (χ3v) is 4.01. The standard InChI is InChI=1S/C17H20O6/c1-20-13-7-10(8-14(21-2)16(13)19)17-15(9-18)22-11-5-3-4-6-12(11)23-17/h3-5,7-8,12,15,17-19H,6,9H2,1-2H3. The number of rotatable bonds is 4. The number of phenolic OH excluding ortho intramolecular Hbond substituents is 1. The van der Waals surface area contributed by atoms with Crippen LogP contribution >= 0.6 is 0 Å². The van der Waals surface area contributed by atoms with Crippen molar-refractivity contribution in [1.29, 1.82) is 0 Å². The van der Waals surface area contributed by atoms with Gasteiger partial charge in [-0.2, -0.15) is 0 Å². The lowest BCUT2D eigenvalue weighted by Gasteiger charge is -2.38. The summed E-state index contributed by atoms with van der Waals surface area (Å²) in [6.45, 7) is -0.191. The Balaban J connectivity index is 1.96. The van der Waals surface area contributed by atoms with E-state index in [4.69, 9.17) is 18.9 Å². The largest absolute Gasteiger partial charge is 0.502 e. The Labute approximate surface area is 134 Å². The molecule has 23 heavy (non-hydrogen) atoms. The maximum absolute atomic E-state index is 10.0. The molecule has 0 amide bonds. The molecule has 1 aromatic rings. The van der Waals surface area contributed by atoms with Crippen LogP contribution in [0.2, 0.25) is 0 Å². The van der Waals surface area contributed by atoms with Gasteiger partial charge in [-0.15, -0.1) is 0 Å². The van der Waals surface area contributed by atoms with Crippen molar-refractivity contribution in [3.63, 3.8) is 0 Å². The number of hydrogen-bond acceptors (Lipinski definition) is 6. The highest BCUT2D eigenvalue weighted by molar-refractivity contribution is 5.53. The van der Waals surface area contributed by atoms with Crippen LogP contribution < -0.4 is 9.47 Å². The molecular formula is C17H20O6. The van der Waals surface area contributed by atoms with Gasteiger partial charge in [-0.1, -0.05) is 12.2 Å². The van der Waals surface area contributed by atoms with Gasteiger partial charge in [-0.05, 0) is 30.2 Å². The van der Waals surface area contributed by atoms with Gasteiger partial charge in [0.2, 0.25) is 5.75 Å². The molecule has 1 aliphatic carbocycles. The summed E-state index contributed by atoms with van der Waals surface area (Å²) in [6.07, 6.45) is 5.28. The molecule has 1 saturated heterocycles. The number of benzene rings is 1. The van der Waals surface area contributed by atoms with Gasteiger partial charge in [-0.25, -0.2) is 0 Å². The first kappa shape index (κ1) is 15.7. The third kappa shape index (κ3) is 2.87. The molecule has 2 aliphatic rings. The zero-order chi connectivity index (χ0) is 16.4. The lowest BCUT2D eigenvalue weighted by molar-refractivity contribution is -0.156. The molecule has 1 heterocycles. The molecule has 0 aromatic heterocycles. The number of aliphatic hydroxyl groups is 1. The molecule has 0 saturated carbocycles. The highest BCUT2D eigenvalue weighted by Gasteiger charge is 2.37. The predicted octanol–water partition coefficient (Wildman–Crippen LogP) is 2.07. The zero-order valence-electron chi connectivity index (χ0n) is 13.1. The number of allylic oxidation sites excluding steroid dienone is 2. The first-order valence-electron chi connectivity index (χ1n) is 7.42.